The van der Waals surface area contributed by atoms with Crippen LogP contribution >= 0.6 is 0 Å². The Morgan fingerprint density at radius 1 is 1.50 bits per heavy atom. The van der Waals surface area contributed by atoms with Crippen LogP contribution in [0.15, 0.2) is 5.10 Å². The van der Waals surface area contributed by atoms with E-state index in [4.69, 9.17) is 15.7 Å². The fourth-order valence-electron chi connectivity index (χ4n) is 1.88. The largest absolute Gasteiger partial charge is 0.381 e. The van der Waals surface area contributed by atoms with Crippen LogP contribution in [0.2, 0.25) is 0 Å². The first-order chi connectivity index (χ1) is 6.83. The van der Waals surface area contributed by atoms with E-state index in [1.54, 1.807) is 6.21 Å². The number of hydrogen-bond donors (Lipinski definition) is 1. The zero-order valence-electron chi connectivity index (χ0n) is 7.97. The SMILES string of the molecule is N#CC1C=NN(C2CCOCC2)C1N. The molecule has 2 N–H and O–H groups in total. The summed E-state index contributed by atoms with van der Waals surface area (Å²) in [6.07, 6.45) is 3.26. The normalized spacial score (nSPS) is 33.3. The van der Waals surface area contributed by atoms with Gasteiger partial charge in [0.15, 0.2) is 0 Å². The van der Waals surface area contributed by atoms with Gasteiger partial charge < -0.3 is 10.5 Å². The predicted molar refractivity (Wildman–Crippen MR) is 51.3 cm³/mol. The Morgan fingerprint density at radius 2 is 2.21 bits per heavy atom. The molecule has 0 aromatic rings. The first kappa shape index (κ1) is 9.44. The second-order valence-corrected chi connectivity index (χ2v) is 3.63. The summed E-state index contributed by atoms with van der Waals surface area (Å²) in [5.41, 5.74) is 5.90. The van der Waals surface area contributed by atoms with Gasteiger partial charge in [-0.1, -0.05) is 0 Å². The number of nitrogens with two attached hydrogens (primary N) is 1. The van der Waals surface area contributed by atoms with E-state index in [9.17, 15) is 0 Å². The van der Waals surface area contributed by atoms with Gasteiger partial charge in [0.25, 0.3) is 0 Å². The molecule has 0 amide bonds. The molecular weight excluding hydrogens is 180 g/mol. The highest BCUT2D eigenvalue weighted by Crippen LogP contribution is 2.22. The Morgan fingerprint density at radius 3 is 2.79 bits per heavy atom. The molecule has 2 atom stereocenters. The Kier molecular flexibility index (Phi) is 2.66. The van der Waals surface area contributed by atoms with Crippen molar-refractivity contribution in [2.24, 2.45) is 16.8 Å². The van der Waals surface area contributed by atoms with Gasteiger partial charge in [0.05, 0.1) is 12.1 Å². The maximum Gasteiger partial charge on any atom is 0.118 e. The minimum Gasteiger partial charge on any atom is -0.381 e. The second kappa shape index (κ2) is 3.95. The van der Waals surface area contributed by atoms with Crippen LogP contribution < -0.4 is 5.73 Å². The number of hydrazone groups is 1. The molecule has 0 radical (unpaired) electrons. The van der Waals surface area contributed by atoms with E-state index in [2.05, 4.69) is 11.2 Å². The lowest BCUT2D eigenvalue weighted by Crippen LogP contribution is -2.47. The van der Waals surface area contributed by atoms with E-state index in [1.165, 1.54) is 0 Å². The first-order valence-electron chi connectivity index (χ1n) is 4.88. The molecule has 2 unspecified atom stereocenters. The fraction of sp³-hybridized carbons (Fsp3) is 0.778. The predicted octanol–water partition coefficient (Wildman–Crippen LogP) is -0.109. The molecule has 14 heavy (non-hydrogen) atoms. The smallest absolute Gasteiger partial charge is 0.118 e. The van der Waals surface area contributed by atoms with Crippen molar-refractivity contribution in [3.8, 4) is 6.07 Å². The van der Waals surface area contributed by atoms with Crippen LogP contribution in [-0.4, -0.2) is 36.6 Å². The summed E-state index contributed by atoms with van der Waals surface area (Å²) in [6, 6.07) is 2.48. The molecule has 1 saturated heterocycles. The summed E-state index contributed by atoms with van der Waals surface area (Å²) in [6.45, 7) is 1.53. The van der Waals surface area contributed by atoms with Gasteiger partial charge in [-0.3, -0.25) is 5.01 Å². The molecule has 2 rings (SSSR count). The average molecular weight is 194 g/mol. The van der Waals surface area contributed by atoms with Crippen LogP contribution in [0.25, 0.3) is 0 Å². The van der Waals surface area contributed by atoms with Gasteiger partial charge in [-0.05, 0) is 12.8 Å². The van der Waals surface area contributed by atoms with Crippen LogP contribution in [0.5, 0.6) is 0 Å². The van der Waals surface area contributed by atoms with E-state index in [1.807, 2.05) is 5.01 Å². The molecular formula is C9H14N4O. The summed E-state index contributed by atoms with van der Waals surface area (Å²) in [5.74, 6) is -0.266. The molecule has 0 saturated carbocycles. The molecule has 2 aliphatic heterocycles. The molecule has 5 heteroatoms. The van der Waals surface area contributed by atoms with Gasteiger partial charge in [0.2, 0.25) is 0 Å². The maximum atomic E-state index is 8.78. The van der Waals surface area contributed by atoms with E-state index in [0.717, 1.165) is 26.1 Å². The minimum absolute atomic E-state index is 0.266. The Balaban J connectivity index is 1.99. The molecule has 76 valence electrons. The monoisotopic (exact) mass is 194 g/mol. The van der Waals surface area contributed by atoms with Gasteiger partial charge in [-0.25, -0.2) is 0 Å². The number of nitrogens with zero attached hydrogens (tertiary/aromatic N) is 3. The number of rotatable bonds is 1. The third-order valence-corrected chi connectivity index (χ3v) is 2.75. The number of hydrogen-bond acceptors (Lipinski definition) is 5. The van der Waals surface area contributed by atoms with Gasteiger partial charge in [-0.15, -0.1) is 0 Å². The van der Waals surface area contributed by atoms with Crippen LogP contribution in [-0.2, 0) is 4.74 Å². The zero-order valence-corrected chi connectivity index (χ0v) is 7.97. The van der Waals surface area contributed by atoms with Crippen molar-refractivity contribution in [3.63, 3.8) is 0 Å². The van der Waals surface area contributed by atoms with Crippen molar-refractivity contribution in [1.82, 2.24) is 5.01 Å². The number of ether oxygens (including phenoxy) is 1. The zero-order chi connectivity index (χ0) is 9.97. The highest BCUT2D eigenvalue weighted by Gasteiger charge is 2.33. The summed E-state index contributed by atoms with van der Waals surface area (Å²) in [4.78, 5) is 0. The van der Waals surface area contributed by atoms with Crippen molar-refractivity contribution >= 4 is 6.21 Å². The molecule has 2 heterocycles. The molecule has 0 aromatic heterocycles. The molecule has 2 aliphatic rings. The van der Waals surface area contributed by atoms with Crippen LogP contribution in [0.4, 0.5) is 0 Å². The summed E-state index contributed by atoms with van der Waals surface area (Å²) in [7, 11) is 0. The quantitative estimate of drug-likeness (QED) is 0.632. The minimum atomic E-state index is -0.275. The van der Waals surface area contributed by atoms with Crippen molar-refractivity contribution in [2.75, 3.05) is 13.2 Å². The van der Waals surface area contributed by atoms with E-state index >= 15 is 0 Å². The highest BCUT2D eigenvalue weighted by atomic mass is 16.5. The van der Waals surface area contributed by atoms with Gasteiger partial charge >= 0.3 is 0 Å². The van der Waals surface area contributed by atoms with E-state index < -0.39 is 0 Å². The molecule has 5 nitrogen and oxygen atoms in total. The van der Waals surface area contributed by atoms with E-state index in [0.29, 0.717) is 6.04 Å². The topological polar surface area (TPSA) is 74.6 Å². The van der Waals surface area contributed by atoms with Crippen molar-refractivity contribution in [1.29, 1.82) is 5.26 Å². The van der Waals surface area contributed by atoms with Crippen LogP contribution in [0, 0.1) is 17.2 Å². The molecule has 0 aromatic carbocycles. The third kappa shape index (κ3) is 1.59. The Labute approximate surface area is 83.1 Å². The third-order valence-electron chi connectivity index (χ3n) is 2.75. The molecule has 0 bridgehead atoms. The van der Waals surface area contributed by atoms with Gasteiger partial charge in [-0.2, -0.15) is 10.4 Å². The Bertz CT molecular complexity index is 266. The maximum absolute atomic E-state index is 8.78. The summed E-state index contributed by atoms with van der Waals surface area (Å²) < 4.78 is 5.26. The first-order valence-corrected chi connectivity index (χ1v) is 4.88. The fourth-order valence-corrected chi connectivity index (χ4v) is 1.88. The molecule has 0 spiro atoms. The van der Waals surface area contributed by atoms with Gasteiger partial charge in [0, 0.05) is 19.4 Å². The summed E-state index contributed by atoms with van der Waals surface area (Å²) >= 11 is 0. The lowest BCUT2D eigenvalue weighted by molar-refractivity contribution is 0.0220. The van der Waals surface area contributed by atoms with Crippen LogP contribution in [0.3, 0.4) is 0 Å². The molecule has 0 aliphatic carbocycles. The average Bonchev–Trinajstić information content (AvgIpc) is 2.61. The van der Waals surface area contributed by atoms with Crippen LogP contribution in [0.1, 0.15) is 12.8 Å². The van der Waals surface area contributed by atoms with Crippen molar-refractivity contribution in [3.05, 3.63) is 0 Å². The van der Waals surface area contributed by atoms with Crippen molar-refractivity contribution in [2.45, 2.75) is 25.0 Å². The molecule has 1 fully saturated rings. The van der Waals surface area contributed by atoms with Crippen molar-refractivity contribution < 1.29 is 4.74 Å². The lowest BCUT2D eigenvalue weighted by Gasteiger charge is -2.33. The Hall–Kier alpha value is -1.12. The lowest BCUT2D eigenvalue weighted by atomic mass is 10.1. The van der Waals surface area contributed by atoms with E-state index in [-0.39, 0.29) is 12.1 Å². The number of nitriles is 1. The van der Waals surface area contributed by atoms with Gasteiger partial charge in [0.1, 0.15) is 12.1 Å². The summed E-state index contributed by atoms with van der Waals surface area (Å²) in [5, 5.41) is 14.8. The highest BCUT2D eigenvalue weighted by molar-refractivity contribution is 5.66. The standard InChI is InChI=1S/C9H14N4O/c10-5-7-6-12-13(9(7)11)8-1-3-14-4-2-8/h6-9H,1-4,11H2. The second-order valence-electron chi connectivity index (χ2n) is 3.63.